The Bertz CT molecular complexity index is 1090. The number of nitrogens with zero attached hydrogens (tertiary/aromatic N) is 1. The molecule has 3 aromatic carbocycles. The highest BCUT2D eigenvalue weighted by molar-refractivity contribution is 9.10. The van der Waals surface area contributed by atoms with E-state index in [4.69, 9.17) is 4.98 Å². The normalized spacial score (nSPS) is 10.6. The molecule has 0 fully saturated rings. The van der Waals surface area contributed by atoms with Crippen molar-refractivity contribution in [3.63, 3.8) is 0 Å². The van der Waals surface area contributed by atoms with Crippen LogP contribution >= 0.6 is 27.3 Å². The average molecular weight is 435 g/mol. The summed E-state index contributed by atoms with van der Waals surface area (Å²) in [4.78, 5) is 17.3. The minimum Gasteiger partial charge on any atom is -0.322 e. The maximum Gasteiger partial charge on any atom is 0.256 e. The number of carbonyl (C=O) groups excluding carboxylic acids is 1. The van der Waals surface area contributed by atoms with Crippen LogP contribution in [0.3, 0.4) is 0 Å². The highest BCUT2D eigenvalue weighted by Gasteiger charge is 2.11. The van der Waals surface area contributed by atoms with E-state index in [1.165, 1.54) is 0 Å². The molecular formula is C22H15BrN2OS. The number of amides is 1. The smallest absolute Gasteiger partial charge is 0.256 e. The van der Waals surface area contributed by atoms with E-state index in [2.05, 4.69) is 33.4 Å². The Labute approximate surface area is 169 Å². The van der Waals surface area contributed by atoms with Crippen molar-refractivity contribution in [2.75, 3.05) is 5.32 Å². The third-order valence-electron chi connectivity index (χ3n) is 4.06. The lowest BCUT2D eigenvalue weighted by molar-refractivity contribution is 0.102. The zero-order valence-electron chi connectivity index (χ0n) is 14.2. The second-order valence-corrected chi connectivity index (χ2v) is 7.63. The Kier molecular flexibility index (Phi) is 5.14. The van der Waals surface area contributed by atoms with Gasteiger partial charge in [0.15, 0.2) is 0 Å². The molecule has 0 aliphatic heterocycles. The number of rotatable bonds is 4. The summed E-state index contributed by atoms with van der Waals surface area (Å²) < 4.78 is 0.769. The number of anilines is 1. The molecule has 5 heteroatoms. The van der Waals surface area contributed by atoms with Gasteiger partial charge in [0.2, 0.25) is 0 Å². The molecule has 27 heavy (non-hydrogen) atoms. The van der Waals surface area contributed by atoms with E-state index >= 15 is 0 Å². The van der Waals surface area contributed by atoms with Crippen LogP contribution in [-0.2, 0) is 0 Å². The lowest BCUT2D eigenvalue weighted by Gasteiger charge is -2.08. The molecule has 1 aromatic heterocycles. The molecular weight excluding hydrogens is 420 g/mol. The fourth-order valence-electron chi connectivity index (χ4n) is 2.72. The van der Waals surface area contributed by atoms with Gasteiger partial charge in [0.25, 0.3) is 5.91 Å². The molecule has 0 spiro atoms. The lowest BCUT2D eigenvalue weighted by atomic mass is 10.1. The van der Waals surface area contributed by atoms with Crippen LogP contribution in [0, 0.1) is 0 Å². The summed E-state index contributed by atoms with van der Waals surface area (Å²) in [6.07, 6.45) is 0. The minimum absolute atomic E-state index is 0.150. The van der Waals surface area contributed by atoms with Gasteiger partial charge in [-0.05, 0) is 40.2 Å². The van der Waals surface area contributed by atoms with Crippen molar-refractivity contribution in [2.24, 2.45) is 0 Å². The predicted molar refractivity (Wildman–Crippen MR) is 115 cm³/mol. The van der Waals surface area contributed by atoms with Crippen molar-refractivity contribution in [1.29, 1.82) is 0 Å². The van der Waals surface area contributed by atoms with Crippen LogP contribution in [-0.4, -0.2) is 10.9 Å². The molecule has 4 rings (SSSR count). The van der Waals surface area contributed by atoms with Crippen LogP contribution in [0.1, 0.15) is 10.4 Å². The quantitative estimate of drug-likeness (QED) is 0.398. The molecule has 0 aliphatic rings. The fourth-order valence-corrected chi connectivity index (χ4v) is 4.02. The van der Waals surface area contributed by atoms with E-state index < -0.39 is 0 Å². The first-order valence-electron chi connectivity index (χ1n) is 8.38. The highest BCUT2D eigenvalue weighted by atomic mass is 79.9. The van der Waals surface area contributed by atoms with E-state index in [0.717, 1.165) is 32.0 Å². The largest absolute Gasteiger partial charge is 0.322 e. The van der Waals surface area contributed by atoms with Gasteiger partial charge < -0.3 is 5.32 Å². The minimum atomic E-state index is -0.150. The van der Waals surface area contributed by atoms with Gasteiger partial charge in [0.05, 0.1) is 11.3 Å². The zero-order chi connectivity index (χ0) is 18.6. The first-order chi connectivity index (χ1) is 13.2. The summed E-state index contributed by atoms with van der Waals surface area (Å²) in [5.74, 6) is -0.150. The summed E-state index contributed by atoms with van der Waals surface area (Å²) in [7, 11) is 0. The van der Waals surface area contributed by atoms with Crippen molar-refractivity contribution in [3.05, 3.63) is 94.3 Å². The SMILES string of the molecule is O=C(Nc1cccc(-c2csc(-c3ccccc3)n2)c1)c1ccccc1Br. The summed E-state index contributed by atoms with van der Waals surface area (Å²) in [6, 6.07) is 25.2. The van der Waals surface area contributed by atoms with Crippen LogP contribution in [0.4, 0.5) is 5.69 Å². The van der Waals surface area contributed by atoms with Crippen molar-refractivity contribution in [1.82, 2.24) is 4.98 Å². The van der Waals surface area contributed by atoms with Gasteiger partial charge in [-0.15, -0.1) is 11.3 Å². The average Bonchev–Trinajstić information content (AvgIpc) is 3.19. The van der Waals surface area contributed by atoms with Crippen molar-refractivity contribution < 1.29 is 4.79 Å². The summed E-state index contributed by atoms with van der Waals surface area (Å²) in [6.45, 7) is 0. The number of thiazole rings is 1. The highest BCUT2D eigenvalue weighted by Crippen LogP contribution is 2.30. The molecule has 0 saturated heterocycles. The van der Waals surface area contributed by atoms with Gasteiger partial charge >= 0.3 is 0 Å². The molecule has 0 aliphatic carbocycles. The Morgan fingerprint density at radius 2 is 1.63 bits per heavy atom. The van der Waals surface area contributed by atoms with E-state index in [9.17, 15) is 4.79 Å². The maximum atomic E-state index is 12.5. The van der Waals surface area contributed by atoms with Crippen LogP contribution in [0.15, 0.2) is 88.7 Å². The summed E-state index contributed by atoms with van der Waals surface area (Å²) in [5.41, 5.74) is 4.31. The predicted octanol–water partition coefficient (Wildman–Crippen LogP) is 6.49. The Hall–Kier alpha value is -2.76. The fraction of sp³-hybridized carbons (Fsp3) is 0. The molecule has 3 nitrogen and oxygen atoms in total. The number of hydrogen-bond donors (Lipinski definition) is 1. The number of benzene rings is 3. The Morgan fingerprint density at radius 3 is 2.44 bits per heavy atom. The Balaban J connectivity index is 1.57. The second-order valence-electron chi connectivity index (χ2n) is 5.92. The number of halogens is 1. The van der Waals surface area contributed by atoms with Crippen molar-refractivity contribution >= 4 is 38.9 Å². The number of nitrogens with one attached hydrogen (secondary N) is 1. The van der Waals surface area contributed by atoms with Gasteiger partial charge in [0, 0.05) is 26.7 Å². The van der Waals surface area contributed by atoms with Gasteiger partial charge in [-0.3, -0.25) is 4.79 Å². The summed E-state index contributed by atoms with van der Waals surface area (Å²) >= 11 is 5.03. The first-order valence-corrected chi connectivity index (χ1v) is 10.1. The molecule has 0 bridgehead atoms. The Morgan fingerprint density at radius 1 is 0.889 bits per heavy atom. The monoisotopic (exact) mass is 434 g/mol. The molecule has 1 heterocycles. The van der Waals surface area contributed by atoms with Gasteiger partial charge in [-0.2, -0.15) is 0 Å². The molecule has 132 valence electrons. The number of carbonyl (C=O) groups is 1. The third-order valence-corrected chi connectivity index (χ3v) is 5.64. The van der Waals surface area contributed by atoms with E-state index in [1.54, 1.807) is 17.4 Å². The number of aromatic nitrogens is 1. The summed E-state index contributed by atoms with van der Waals surface area (Å²) in [5, 5.41) is 5.97. The van der Waals surface area contributed by atoms with E-state index in [0.29, 0.717) is 5.56 Å². The van der Waals surface area contributed by atoms with E-state index in [1.807, 2.05) is 66.0 Å². The standard InChI is InChI=1S/C22H15BrN2OS/c23-19-12-5-4-11-18(19)21(26)24-17-10-6-9-16(13-17)20-14-27-22(25-20)15-7-2-1-3-8-15/h1-14H,(H,24,26). The molecule has 0 radical (unpaired) electrons. The number of hydrogen-bond acceptors (Lipinski definition) is 3. The molecule has 0 unspecified atom stereocenters. The first kappa shape index (κ1) is 17.6. The molecule has 0 saturated carbocycles. The topological polar surface area (TPSA) is 42.0 Å². The van der Waals surface area contributed by atoms with Crippen molar-refractivity contribution in [2.45, 2.75) is 0 Å². The maximum absolute atomic E-state index is 12.5. The lowest BCUT2D eigenvalue weighted by Crippen LogP contribution is -2.12. The van der Waals surface area contributed by atoms with E-state index in [-0.39, 0.29) is 5.91 Å². The second kappa shape index (κ2) is 7.86. The van der Waals surface area contributed by atoms with Gasteiger partial charge in [0.1, 0.15) is 5.01 Å². The molecule has 4 aromatic rings. The van der Waals surface area contributed by atoms with Gasteiger partial charge in [-0.1, -0.05) is 54.6 Å². The van der Waals surface area contributed by atoms with Gasteiger partial charge in [-0.25, -0.2) is 4.98 Å². The van der Waals surface area contributed by atoms with Crippen LogP contribution in [0.2, 0.25) is 0 Å². The zero-order valence-corrected chi connectivity index (χ0v) is 16.6. The van der Waals surface area contributed by atoms with Crippen LogP contribution < -0.4 is 5.32 Å². The van der Waals surface area contributed by atoms with Crippen LogP contribution in [0.5, 0.6) is 0 Å². The third kappa shape index (κ3) is 3.99. The van der Waals surface area contributed by atoms with Crippen LogP contribution in [0.25, 0.3) is 21.8 Å². The molecule has 1 N–H and O–H groups in total. The van der Waals surface area contributed by atoms with Crippen molar-refractivity contribution in [3.8, 4) is 21.8 Å². The molecule has 1 amide bonds. The molecule has 0 atom stereocenters.